The summed E-state index contributed by atoms with van der Waals surface area (Å²) in [4.78, 5) is 2.97. The number of aromatic amines is 1. The van der Waals surface area contributed by atoms with E-state index in [0.717, 1.165) is 19.4 Å². The Hall–Kier alpha value is -2.09. The molecular formula is C13H13F3N4O. The van der Waals surface area contributed by atoms with Gasteiger partial charge in [0.25, 0.3) is 0 Å². The van der Waals surface area contributed by atoms with Crippen molar-refractivity contribution in [3.8, 4) is 17.1 Å². The van der Waals surface area contributed by atoms with Gasteiger partial charge in [-0.25, -0.2) is 0 Å². The first-order chi connectivity index (χ1) is 10.0. The molecule has 1 saturated heterocycles. The van der Waals surface area contributed by atoms with Crippen LogP contribution >= 0.6 is 0 Å². The fourth-order valence-corrected chi connectivity index (χ4v) is 2.35. The molecule has 21 heavy (non-hydrogen) atoms. The Kier molecular flexibility index (Phi) is 3.54. The monoisotopic (exact) mass is 298 g/mol. The Labute approximate surface area is 118 Å². The number of halogens is 3. The van der Waals surface area contributed by atoms with Crippen LogP contribution in [0.3, 0.4) is 0 Å². The first kappa shape index (κ1) is 13.9. The second-order valence-electron chi connectivity index (χ2n) is 4.75. The van der Waals surface area contributed by atoms with Crippen LogP contribution in [0.1, 0.15) is 24.7 Å². The summed E-state index contributed by atoms with van der Waals surface area (Å²) >= 11 is 0. The van der Waals surface area contributed by atoms with Crippen LogP contribution in [0, 0.1) is 0 Å². The van der Waals surface area contributed by atoms with Crippen molar-refractivity contribution in [2.45, 2.75) is 25.2 Å². The van der Waals surface area contributed by atoms with Crippen molar-refractivity contribution in [3.05, 3.63) is 30.1 Å². The van der Waals surface area contributed by atoms with Gasteiger partial charge in [-0.05, 0) is 31.5 Å². The summed E-state index contributed by atoms with van der Waals surface area (Å²) in [5, 5.41) is 11.2. The maximum absolute atomic E-state index is 12.4. The van der Waals surface area contributed by atoms with Gasteiger partial charge in [-0.15, -0.1) is 23.4 Å². The SMILES string of the molecule is FC(F)(F)Oc1ccccc1-c1nnc([C@@H]2CCCN2)[nH]1. The molecule has 1 aliphatic heterocycles. The lowest BCUT2D eigenvalue weighted by Gasteiger charge is -2.11. The molecule has 0 bridgehead atoms. The van der Waals surface area contributed by atoms with Gasteiger partial charge < -0.3 is 15.0 Å². The van der Waals surface area contributed by atoms with Crippen molar-refractivity contribution in [2.75, 3.05) is 6.54 Å². The molecule has 1 aliphatic rings. The van der Waals surface area contributed by atoms with Crippen molar-refractivity contribution in [3.63, 3.8) is 0 Å². The number of H-pyrrole nitrogens is 1. The van der Waals surface area contributed by atoms with Gasteiger partial charge in [0, 0.05) is 0 Å². The summed E-state index contributed by atoms with van der Waals surface area (Å²) in [6.07, 6.45) is -2.78. The van der Waals surface area contributed by atoms with E-state index in [0.29, 0.717) is 5.82 Å². The van der Waals surface area contributed by atoms with Gasteiger partial charge >= 0.3 is 6.36 Å². The van der Waals surface area contributed by atoms with E-state index in [9.17, 15) is 13.2 Å². The molecule has 0 saturated carbocycles. The van der Waals surface area contributed by atoms with Crippen LogP contribution < -0.4 is 10.1 Å². The van der Waals surface area contributed by atoms with Crippen LogP contribution in [-0.4, -0.2) is 28.1 Å². The van der Waals surface area contributed by atoms with E-state index >= 15 is 0 Å². The third kappa shape index (κ3) is 3.15. The predicted octanol–water partition coefficient (Wildman–Crippen LogP) is 2.79. The number of aromatic nitrogens is 3. The number of ether oxygens (including phenoxy) is 1. The standard InChI is InChI=1S/C13H13F3N4O/c14-13(15,16)21-10-6-2-1-4-8(10)11-18-12(20-19-11)9-5-3-7-17-9/h1-2,4,6,9,17H,3,5,7H2,(H,18,19,20)/t9-/m0/s1. The number of nitrogens with zero attached hydrogens (tertiary/aromatic N) is 2. The number of hydrogen-bond acceptors (Lipinski definition) is 4. The molecule has 0 unspecified atom stereocenters. The zero-order valence-corrected chi connectivity index (χ0v) is 10.9. The van der Waals surface area contributed by atoms with E-state index in [1.807, 2.05) is 0 Å². The van der Waals surface area contributed by atoms with E-state index in [4.69, 9.17) is 0 Å². The lowest BCUT2D eigenvalue weighted by Crippen LogP contribution is -2.17. The summed E-state index contributed by atoms with van der Waals surface area (Å²) in [5.74, 6) is 0.593. The van der Waals surface area contributed by atoms with Crippen LogP contribution in [-0.2, 0) is 0 Å². The highest BCUT2D eigenvalue weighted by Gasteiger charge is 2.32. The number of rotatable bonds is 3. The number of benzene rings is 1. The average molecular weight is 298 g/mol. The second-order valence-corrected chi connectivity index (χ2v) is 4.75. The largest absolute Gasteiger partial charge is 0.573 e. The lowest BCUT2D eigenvalue weighted by molar-refractivity contribution is -0.274. The summed E-state index contributed by atoms with van der Waals surface area (Å²) in [6.45, 7) is 0.897. The Balaban J connectivity index is 1.90. The molecule has 1 aromatic carbocycles. The van der Waals surface area contributed by atoms with Gasteiger partial charge in [0.1, 0.15) is 11.6 Å². The molecule has 3 rings (SSSR count). The molecule has 1 fully saturated rings. The van der Waals surface area contributed by atoms with Crippen LogP contribution in [0.15, 0.2) is 24.3 Å². The molecule has 2 aromatic rings. The highest BCUT2D eigenvalue weighted by Crippen LogP contribution is 2.32. The second kappa shape index (κ2) is 5.36. The van der Waals surface area contributed by atoms with E-state index in [-0.39, 0.29) is 23.2 Å². The molecular weight excluding hydrogens is 285 g/mol. The van der Waals surface area contributed by atoms with Crippen molar-refractivity contribution >= 4 is 0 Å². The van der Waals surface area contributed by atoms with Crippen LogP contribution in [0.5, 0.6) is 5.75 Å². The maximum Gasteiger partial charge on any atom is 0.573 e. The lowest BCUT2D eigenvalue weighted by atomic mass is 10.2. The highest BCUT2D eigenvalue weighted by atomic mass is 19.4. The van der Waals surface area contributed by atoms with Crippen LogP contribution in [0.2, 0.25) is 0 Å². The molecule has 2 heterocycles. The van der Waals surface area contributed by atoms with Crippen molar-refractivity contribution in [1.82, 2.24) is 20.5 Å². The van der Waals surface area contributed by atoms with Crippen LogP contribution in [0.25, 0.3) is 11.4 Å². The maximum atomic E-state index is 12.4. The number of alkyl halides is 3. The third-order valence-electron chi connectivity index (χ3n) is 3.26. The Bertz CT molecular complexity index is 620. The summed E-state index contributed by atoms with van der Waals surface area (Å²) in [6, 6.07) is 5.92. The first-order valence-electron chi connectivity index (χ1n) is 6.54. The minimum absolute atomic E-state index is 0.0712. The summed E-state index contributed by atoms with van der Waals surface area (Å²) in [7, 11) is 0. The predicted molar refractivity (Wildman–Crippen MR) is 68.5 cm³/mol. The Morgan fingerprint density at radius 1 is 1.19 bits per heavy atom. The van der Waals surface area contributed by atoms with E-state index in [2.05, 4.69) is 25.2 Å². The molecule has 0 radical (unpaired) electrons. The van der Waals surface area contributed by atoms with Gasteiger partial charge in [0.2, 0.25) is 0 Å². The van der Waals surface area contributed by atoms with Gasteiger partial charge in [-0.3, -0.25) is 0 Å². The third-order valence-corrected chi connectivity index (χ3v) is 3.26. The van der Waals surface area contributed by atoms with Crippen LogP contribution in [0.4, 0.5) is 13.2 Å². The normalized spacial score (nSPS) is 18.9. The van der Waals surface area contributed by atoms with E-state index in [1.165, 1.54) is 18.2 Å². The molecule has 0 spiro atoms. The van der Waals surface area contributed by atoms with E-state index in [1.54, 1.807) is 6.07 Å². The first-order valence-corrected chi connectivity index (χ1v) is 6.54. The smallest absolute Gasteiger partial charge is 0.405 e. The van der Waals surface area contributed by atoms with Crippen molar-refractivity contribution in [2.24, 2.45) is 0 Å². The minimum atomic E-state index is -4.74. The van der Waals surface area contributed by atoms with Crippen molar-refractivity contribution < 1.29 is 17.9 Å². The number of para-hydroxylation sites is 1. The number of nitrogens with one attached hydrogen (secondary N) is 2. The van der Waals surface area contributed by atoms with Gasteiger partial charge in [0.05, 0.1) is 11.6 Å². The molecule has 2 N–H and O–H groups in total. The fraction of sp³-hybridized carbons (Fsp3) is 0.385. The van der Waals surface area contributed by atoms with Gasteiger partial charge in [0.15, 0.2) is 5.82 Å². The molecule has 8 heteroatoms. The minimum Gasteiger partial charge on any atom is -0.405 e. The van der Waals surface area contributed by atoms with Gasteiger partial charge in [-0.1, -0.05) is 12.1 Å². The fourth-order valence-electron chi connectivity index (χ4n) is 2.35. The molecule has 5 nitrogen and oxygen atoms in total. The molecule has 0 amide bonds. The van der Waals surface area contributed by atoms with Gasteiger partial charge in [-0.2, -0.15) is 0 Å². The quantitative estimate of drug-likeness (QED) is 0.914. The Morgan fingerprint density at radius 3 is 2.71 bits per heavy atom. The molecule has 112 valence electrons. The number of hydrogen-bond donors (Lipinski definition) is 2. The zero-order chi connectivity index (χ0) is 14.9. The highest BCUT2D eigenvalue weighted by molar-refractivity contribution is 5.63. The average Bonchev–Trinajstić information content (AvgIpc) is 3.08. The van der Waals surface area contributed by atoms with Crippen molar-refractivity contribution in [1.29, 1.82) is 0 Å². The molecule has 1 aromatic heterocycles. The summed E-state index contributed by atoms with van der Waals surface area (Å²) < 4.78 is 41.2. The summed E-state index contributed by atoms with van der Waals surface area (Å²) in [5.41, 5.74) is 0.228. The zero-order valence-electron chi connectivity index (χ0n) is 10.9. The molecule has 1 atom stereocenters. The molecule has 0 aliphatic carbocycles. The van der Waals surface area contributed by atoms with E-state index < -0.39 is 6.36 Å². The Morgan fingerprint density at radius 2 is 2.00 bits per heavy atom. The topological polar surface area (TPSA) is 62.8 Å².